The van der Waals surface area contributed by atoms with Gasteiger partial charge in [-0.1, -0.05) is 12.1 Å². The van der Waals surface area contributed by atoms with Gasteiger partial charge in [0.15, 0.2) is 15.8 Å². The maximum Gasteiger partial charge on any atom is 0.194 e. The van der Waals surface area contributed by atoms with Crippen LogP contribution in [0.25, 0.3) is 0 Å². The summed E-state index contributed by atoms with van der Waals surface area (Å²) in [6.45, 7) is 7.72. The summed E-state index contributed by atoms with van der Waals surface area (Å²) in [5, 5.41) is 3.29. The smallest absolute Gasteiger partial charge is 0.194 e. The first-order valence-electron chi connectivity index (χ1n) is 9.21. The van der Waals surface area contributed by atoms with E-state index >= 15 is 0 Å². The number of hydrogen-bond acceptors (Lipinski definition) is 3. The van der Waals surface area contributed by atoms with E-state index in [0.29, 0.717) is 19.6 Å². The standard InChI is InChI=1S/C19H28FN3O2S.HI/c1-4-21-17(23-10-11-26(24,25)18(2,3)14-23)22-13-19(8-9-19)15-6-5-7-16(20)12-15;/h5-7,12H,4,8-11,13-14H2,1-3H3,(H,21,22);1H. The second-order valence-electron chi connectivity index (χ2n) is 7.96. The van der Waals surface area contributed by atoms with Crippen molar-refractivity contribution in [2.45, 2.75) is 43.8 Å². The van der Waals surface area contributed by atoms with Crippen LogP contribution in [0.1, 0.15) is 39.2 Å². The van der Waals surface area contributed by atoms with Crippen LogP contribution in [0.2, 0.25) is 0 Å². The summed E-state index contributed by atoms with van der Waals surface area (Å²) in [4.78, 5) is 6.84. The monoisotopic (exact) mass is 509 g/mol. The number of hydrogen-bond donors (Lipinski definition) is 1. The molecule has 0 amide bonds. The van der Waals surface area contributed by atoms with Crippen molar-refractivity contribution < 1.29 is 12.8 Å². The van der Waals surface area contributed by atoms with Gasteiger partial charge in [0.25, 0.3) is 0 Å². The second kappa shape index (κ2) is 8.23. The summed E-state index contributed by atoms with van der Waals surface area (Å²) in [6, 6.07) is 6.78. The molecule has 3 rings (SSSR count). The second-order valence-corrected chi connectivity index (χ2v) is 10.7. The van der Waals surface area contributed by atoms with Crippen LogP contribution >= 0.6 is 24.0 Å². The van der Waals surface area contributed by atoms with Gasteiger partial charge < -0.3 is 10.2 Å². The van der Waals surface area contributed by atoms with Crippen LogP contribution in [0.5, 0.6) is 0 Å². The van der Waals surface area contributed by atoms with Crippen LogP contribution in [0, 0.1) is 5.82 Å². The third-order valence-electron chi connectivity index (χ3n) is 5.50. The summed E-state index contributed by atoms with van der Waals surface area (Å²) in [6.07, 6.45) is 2.00. The third kappa shape index (κ3) is 4.75. The van der Waals surface area contributed by atoms with Crippen LogP contribution in [0.15, 0.2) is 29.3 Å². The number of nitrogens with zero attached hydrogens (tertiary/aromatic N) is 2. The number of halogens is 2. The van der Waals surface area contributed by atoms with E-state index in [1.54, 1.807) is 26.0 Å². The molecule has 1 aliphatic carbocycles. The molecule has 1 aromatic carbocycles. The lowest BCUT2D eigenvalue weighted by molar-refractivity contribution is 0.353. The van der Waals surface area contributed by atoms with Gasteiger partial charge in [-0.15, -0.1) is 24.0 Å². The van der Waals surface area contributed by atoms with Gasteiger partial charge in [0, 0.05) is 25.0 Å². The molecular formula is C19H29FIN3O2S. The van der Waals surface area contributed by atoms with Gasteiger partial charge in [0.1, 0.15) is 5.82 Å². The molecule has 27 heavy (non-hydrogen) atoms. The van der Waals surface area contributed by atoms with E-state index in [4.69, 9.17) is 4.99 Å². The van der Waals surface area contributed by atoms with Crippen LogP contribution in [-0.4, -0.2) is 56.0 Å². The molecule has 8 heteroatoms. The first kappa shape index (κ1) is 22.4. The van der Waals surface area contributed by atoms with Crippen LogP contribution in [0.3, 0.4) is 0 Å². The normalized spacial score (nSPS) is 22.7. The van der Waals surface area contributed by atoms with Crippen LogP contribution in [-0.2, 0) is 15.3 Å². The Bertz CT molecular complexity index is 807. The first-order chi connectivity index (χ1) is 12.2. The molecule has 0 bridgehead atoms. The molecule has 0 unspecified atom stereocenters. The highest BCUT2D eigenvalue weighted by Crippen LogP contribution is 2.48. The van der Waals surface area contributed by atoms with E-state index in [0.717, 1.165) is 30.9 Å². The molecule has 152 valence electrons. The lowest BCUT2D eigenvalue weighted by Crippen LogP contribution is -2.57. The van der Waals surface area contributed by atoms with Crippen LogP contribution in [0.4, 0.5) is 4.39 Å². The van der Waals surface area contributed by atoms with Crippen molar-refractivity contribution in [2.24, 2.45) is 4.99 Å². The molecule has 1 aromatic rings. The molecule has 2 fully saturated rings. The molecule has 1 N–H and O–H groups in total. The molecule has 0 spiro atoms. The van der Waals surface area contributed by atoms with E-state index in [2.05, 4.69) is 5.32 Å². The predicted molar refractivity (Wildman–Crippen MR) is 118 cm³/mol. The zero-order valence-corrected chi connectivity index (χ0v) is 19.3. The van der Waals surface area contributed by atoms with Crippen molar-refractivity contribution in [3.05, 3.63) is 35.6 Å². The summed E-state index contributed by atoms with van der Waals surface area (Å²) < 4.78 is 37.3. The summed E-state index contributed by atoms with van der Waals surface area (Å²) in [7, 11) is -3.09. The van der Waals surface area contributed by atoms with E-state index in [9.17, 15) is 12.8 Å². The average molecular weight is 509 g/mol. The van der Waals surface area contributed by atoms with Gasteiger partial charge in [-0.3, -0.25) is 4.99 Å². The van der Waals surface area contributed by atoms with Gasteiger partial charge in [-0.05, 0) is 51.3 Å². The molecule has 1 aliphatic heterocycles. The van der Waals surface area contributed by atoms with Crippen molar-refractivity contribution in [3.63, 3.8) is 0 Å². The number of rotatable bonds is 4. The highest BCUT2D eigenvalue weighted by molar-refractivity contribution is 14.0. The highest BCUT2D eigenvalue weighted by Gasteiger charge is 2.45. The Morgan fingerprint density at radius 1 is 1.33 bits per heavy atom. The maximum absolute atomic E-state index is 13.6. The Morgan fingerprint density at radius 2 is 2.04 bits per heavy atom. The molecule has 0 atom stereocenters. The fraction of sp³-hybridized carbons (Fsp3) is 0.632. The van der Waals surface area contributed by atoms with Gasteiger partial charge in [0.2, 0.25) is 0 Å². The predicted octanol–water partition coefficient (Wildman–Crippen LogP) is 2.95. The average Bonchev–Trinajstić information content (AvgIpc) is 3.35. The van der Waals surface area contributed by atoms with Crippen molar-refractivity contribution in [1.29, 1.82) is 0 Å². The lowest BCUT2D eigenvalue weighted by Gasteiger charge is -2.39. The highest BCUT2D eigenvalue weighted by atomic mass is 127. The fourth-order valence-corrected chi connectivity index (χ4v) is 4.85. The zero-order valence-electron chi connectivity index (χ0n) is 16.2. The lowest BCUT2D eigenvalue weighted by atomic mass is 9.96. The largest absolute Gasteiger partial charge is 0.357 e. The summed E-state index contributed by atoms with van der Waals surface area (Å²) >= 11 is 0. The van der Waals surface area contributed by atoms with Crippen molar-refractivity contribution >= 4 is 39.8 Å². The Hall–Kier alpha value is -0.900. The molecule has 5 nitrogen and oxygen atoms in total. The molecular weight excluding hydrogens is 480 g/mol. The molecule has 0 radical (unpaired) electrons. The first-order valence-corrected chi connectivity index (χ1v) is 10.9. The number of nitrogens with one attached hydrogen (secondary N) is 1. The van der Waals surface area contributed by atoms with Crippen molar-refractivity contribution in [1.82, 2.24) is 10.2 Å². The quantitative estimate of drug-likeness (QED) is 0.385. The Kier molecular flexibility index (Phi) is 6.82. The Morgan fingerprint density at radius 3 is 2.59 bits per heavy atom. The molecule has 1 saturated heterocycles. The topological polar surface area (TPSA) is 61.8 Å². The van der Waals surface area contributed by atoms with E-state index in [1.165, 1.54) is 6.07 Å². The Labute approximate surface area is 178 Å². The van der Waals surface area contributed by atoms with E-state index in [1.807, 2.05) is 17.9 Å². The van der Waals surface area contributed by atoms with Crippen LogP contribution < -0.4 is 5.32 Å². The minimum atomic E-state index is -3.09. The summed E-state index contributed by atoms with van der Waals surface area (Å²) in [5.74, 6) is 0.671. The van der Waals surface area contributed by atoms with E-state index in [-0.39, 0.29) is 41.0 Å². The number of guanidine groups is 1. The molecule has 0 aromatic heterocycles. The minimum Gasteiger partial charge on any atom is -0.357 e. The molecule has 2 aliphatic rings. The number of aliphatic imine (C=N–C) groups is 1. The SMILES string of the molecule is CCNC(=NCC1(c2cccc(F)c2)CC1)N1CCS(=O)(=O)C(C)(C)C1.I. The Balaban J connectivity index is 0.00000261. The molecule has 1 heterocycles. The van der Waals surface area contributed by atoms with Crippen molar-refractivity contribution in [3.8, 4) is 0 Å². The van der Waals surface area contributed by atoms with Gasteiger partial charge in [-0.25, -0.2) is 12.8 Å². The molecule has 1 saturated carbocycles. The number of benzene rings is 1. The van der Waals surface area contributed by atoms with Crippen molar-refractivity contribution in [2.75, 3.05) is 31.9 Å². The zero-order chi connectivity index (χ0) is 19.0. The fourth-order valence-electron chi connectivity index (χ4n) is 3.48. The van der Waals surface area contributed by atoms with Gasteiger partial charge in [0.05, 0.1) is 17.0 Å². The number of sulfone groups is 1. The maximum atomic E-state index is 13.6. The van der Waals surface area contributed by atoms with E-state index < -0.39 is 14.6 Å². The van der Waals surface area contributed by atoms with Gasteiger partial charge >= 0.3 is 0 Å². The summed E-state index contributed by atoms with van der Waals surface area (Å²) in [5.41, 5.74) is 0.916. The van der Waals surface area contributed by atoms with Gasteiger partial charge in [-0.2, -0.15) is 0 Å². The third-order valence-corrected chi connectivity index (χ3v) is 8.03. The minimum absolute atomic E-state index is 0.